The van der Waals surface area contributed by atoms with Crippen LogP contribution < -0.4 is 4.74 Å². The Morgan fingerprint density at radius 1 is 1.17 bits per heavy atom. The Kier molecular flexibility index (Phi) is 7.04. The number of hydrogen-bond donors (Lipinski definition) is 0. The second-order valence-electron chi connectivity index (χ2n) is 8.21. The van der Waals surface area contributed by atoms with Crippen LogP contribution in [-0.4, -0.2) is 5.97 Å². The maximum Gasteiger partial charge on any atom is 0.346 e. The quantitative estimate of drug-likeness (QED) is 0.427. The summed E-state index contributed by atoms with van der Waals surface area (Å²) in [5.74, 6) is 1.07. The molecule has 2 aromatic carbocycles. The van der Waals surface area contributed by atoms with Crippen LogP contribution in [0.1, 0.15) is 67.4 Å². The highest BCUT2D eigenvalue weighted by atomic mass is 19.1. The fourth-order valence-corrected chi connectivity index (χ4v) is 4.31. The van der Waals surface area contributed by atoms with Crippen LogP contribution in [0, 0.1) is 34.9 Å². The third kappa shape index (κ3) is 5.44. The van der Waals surface area contributed by atoms with Crippen LogP contribution in [-0.2, 0) is 6.42 Å². The van der Waals surface area contributed by atoms with Crippen molar-refractivity contribution in [3.63, 3.8) is 0 Å². The van der Waals surface area contributed by atoms with E-state index in [-0.39, 0.29) is 11.3 Å². The van der Waals surface area contributed by atoms with Crippen LogP contribution in [0.15, 0.2) is 42.5 Å². The molecule has 0 radical (unpaired) electrons. The van der Waals surface area contributed by atoms with Gasteiger partial charge >= 0.3 is 5.97 Å². The molecule has 0 amide bonds. The van der Waals surface area contributed by atoms with E-state index in [0.29, 0.717) is 17.4 Å². The predicted molar refractivity (Wildman–Crippen MR) is 111 cm³/mol. The van der Waals surface area contributed by atoms with Crippen LogP contribution in [0.2, 0.25) is 0 Å². The maximum absolute atomic E-state index is 14.6. The van der Waals surface area contributed by atoms with Crippen molar-refractivity contribution in [3.8, 4) is 11.8 Å². The van der Waals surface area contributed by atoms with Crippen molar-refractivity contribution in [2.24, 2.45) is 17.8 Å². The zero-order chi connectivity index (χ0) is 20.8. The van der Waals surface area contributed by atoms with Crippen molar-refractivity contribution in [2.75, 3.05) is 0 Å². The Bertz CT molecular complexity index is 877. The minimum absolute atomic E-state index is 0.0748. The normalized spacial score (nSPS) is 19.9. The minimum Gasteiger partial charge on any atom is -0.423 e. The Morgan fingerprint density at radius 2 is 1.86 bits per heavy atom. The number of benzene rings is 2. The average Bonchev–Trinajstić information content (AvgIpc) is 2.74. The third-order valence-electron chi connectivity index (χ3n) is 6.28. The summed E-state index contributed by atoms with van der Waals surface area (Å²) in [6.07, 6.45) is 7.23. The number of rotatable bonds is 6. The number of carbonyl (C=O) groups excluding carboxylic acids is 1. The van der Waals surface area contributed by atoms with Gasteiger partial charge in [-0.15, -0.1) is 0 Å². The van der Waals surface area contributed by atoms with Gasteiger partial charge in [-0.3, -0.25) is 0 Å². The standard InChI is InChI=1S/C25H28FNO2/c1-3-18-4-9-21(10-5-18)17(2)14-20-8-13-23(24(26)15-20)25(28)29-22-11-6-19(16-27)7-12-22/h6-8,11-13,15,17-18,21H,3-5,9-10,14H2,1-2H3. The van der Waals surface area contributed by atoms with Crippen molar-refractivity contribution < 1.29 is 13.9 Å². The molecule has 0 N–H and O–H groups in total. The molecule has 1 unspecified atom stereocenters. The molecule has 1 saturated carbocycles. The van der Waals surface area contributed by atoms with Gasteiger partial charge in [0.15, 0.2) is 0 Å². The molecule has 0 aromatic heterocycles. The molecular weight excluding hydrogens is 365 g/mol. The summed E-state index contributed by atoms with van der Waals surface area (Å²) in [5.41, 5.74) is 1.31. The van der Waals surface area contributed by atoms with Gasteiger partial charge in [0, 0.05) is 0 Å². The summed E-state index contributed by atoms with van der Waals surface area (Å²) in [5, 5.41) is 8.81. The first-order chi connectivity index (χ1) is 14.0. The largest absolute Gasteiger partial charge is 0.423 e. The van der Waals surface area contributed by atoms with E-state index in [1.165, 1.54) is 56.4 Å². The lowest BCUT2D eigenvalue weighted by atomic mass is 9.74. The second kappa shape index (κ2) is 9.69. The first-order valence-corrected chi connectivity index (χ1v) is 10.5. The summed E-state index contributed by atoms with van der Waals surface area (Å²) in [4.78, 5) is 12.3. The number of hydrogen-bond acceptors (Lipinski definition) is 3. The Hall–Kier alpha value is -2.67. The van der Waals surface area contributed by atoms with E-state index in [9.17, 15) is 9.18 Å². The number of halogens is 1. The van der Waals surface area contributed by atoms with E-state index in [1.807, 2.05) is 12.1 Å². The summed E-state index contributed by atoms with van der Waals surface area (Å²) in [6.45, 7) is 4.52. The van der Waals surface area contributed by atoms with Gasteiger partial charge in [0.2, 0.25) is 0 Å². The first-order valence-electron chi connectivity index (χ1n) is 10.5. The van der Waals surface area contributed by atoms with Gasteiger partial charge in [0.1, 0.15) is 11.6 Å². The highest BCUT2D eigenvalue weighted by Gasteiger charge is 2.25. The molecule has 0 spiro atoms. The van der Waals surface area contributed by atoms with Crippen LogP contribution in [0.4, 0.5) is 4.39 Å². The van der Waals surface area contributed by atoms with E-state index in [1.54, 1.807) is 12.1 Å². The fourth-order valence-electron chi connectivity index (χ4n) is 4.31. The first kappa shape index (κ1) is 21.0. The van der Waals surface area contributed by atoms with Gasteiger partial charge < -0.3 is 4.74 Å². The number of nitrogens with zero attached hydrogens (tertiary/aromatic N) is 1. The van der Waals surface area contributed by atoms with Gasteiger partial charge in [0.05, 0.1) is 17.2 Å². The van der Waals surface area contributed by atoms with Gasteiger partial charge in [-0.1, -0.05) is 39.2 Å². The van der Waals surface area contributed by atoms with Gasteiger partial charge in [-0.25, -0.2) is 9.18 Å². The van der Waals surface area contributed by atoms with Crippen molar-refractivity contribution in [3.05, 3.63) is 65.0 Å². The smallest absolute Gasteiger partial charge is 0.346 e. The van der Waals surface area contributed by atoms with E-state index >= 15 is 0 Å². The molecule has 1 aliphatic carbocycles. The van der Waals surface area contributed by atoms with Crippen molar-refractivity contribution in [1.29, 1.82) is 5.26 Å². The molecule has 29 heavy (non-hydrogen) atoms. The third-order valence-corrected chi connectivity index (χ3v) is 6.28. The van der Waals surface area contributed by atoms with Crippen molar-refractivity contribution in [2.45, 2.75) is 52.4 Å². The molecule has 1 atom stereocenters. The minimum atomic E-state index is -0.732. The Morgan fingerprint density at radius 3 is 2.45 bits per heavy atom. The molecular formula is C25H28FNO2. The highest BCUT2D eigenvalue weighted by Crippen LogP contribution is 2.36. The van der Waals surface area contributed by atoms with E-state index in [2.05, 4.69) is 13.8 Å². The highest BCUT2D eigenvalue weighted by molar-refractivity contribution is 5.91. The molecule has 4 heteroatoms. The molecule has 1 fully saturated rings. The van der Waals surface area contributed by atoms with Crippen LogP contribution in [0.5, 0.6) is 5.75 Å². The van der Waals surface area contributed by atoms with Crippen molar-refractivity contribution >= 4 is 5.97 Å². The van der Waals surface area contributed by atoms with Crippen LogP contribution in [0.3, 0.4) is 0 Å². The molecule has 0 bridgehead atoms. The molecule has 3 nitrogen and oxygen atoms in total. The lowest BCUT2D eigenvalue weighted by molar-refractivity contribution is 0.0730. The summed E-state index contributed by atoms with van der Waals surface area (Å²) in [6, 6.07) is 13.0. The lowest BCUT2D eigenvalue weighted by Gasteiger charge is -2.32. The van der Waals surface area contributed by atoms with E-state index < -0.39 is 11.8 Å². The Labute approximate surface area is 172 Å². The predicted octanol–water partition coefficient (Wildman–Crippen LogP) is 6.31. The molecule has 0 aliphatic heterocycles. The van der Waals surface area contributed by atoms with Gasteiger partial charge in [-0.2, -0.15) is 5.26 Å². The lowest BCUT2D eigenvalue weighted by Crippen LogP contribution is -2.21. The molecule has 152 valence electrons. The molecule has 2 aromatic rings. The number of nitriles is 1. The fraction of sp³-hybridized carbons (Fsp3) is 0.440. The van der Waals surface area contributed by atoms with E-state index in [4.69, 9.17) is 10.00 Å². The molecule has 0 heterocycles. The van der Waals surface area contributed by atoms with Gasteiger partial charge in [0.25, 0.3) is 0 Å². The molecule has 1 aliphatic rings. The van der Waals surface area contributed by atoms with Crippen LogP contribution in [0.25, 0.3) is 0 Å². The van der Waals surface area contributed by atoms with E-state index in [0.717, 1.165) is 17.9 Å². The summed E-state index contributed by atoms with van der Waals surface area (Å²) in [7, 11) is 0. The zero-order valence-corrected chi connectivity index (χ0v) is 17.2. The maximum atomic E-state index is 14.6. The SMILES string of the molecule is CCC1CCC(C(C)Cc2ccc(C(=O)Oc3ccc(C#N)cc3)c(F)c2)CC1. The molecule has 3 rings (SSSR count). The zero-order valence-electron chi connectivity index (χ0n) is 17.2. The summed E-state index contributed by atoms with van der Waals surface area (Å²) >= 11 is 0. The Balaban J connectivity index is 1.60. The van der Waals surface area contributed by atoms with Crippen molar-refractivity contribution in [1.82, 2.24) is 0 Å². The van der Waals surface area contributed by atoms with Gasteiger partial charge in [-0.05, 0) is 79.0 Å². The summed E-state index contributed by atoms with van der Waals surface area (Å²) < 4.78 is 19.8. The topological polar surface area (TPSA) is 50.1 Å². The average molecular weight is 394 g/mol. The second-order valence-corrected chi connectivity index (χ2v) is 8.21. The number of carbonyl (C=O) groups is 1. The number of esters is 1. The molecule has 0 saturated heterocycles. The monoisotopic (exact) mass is 393 g/mol. The van der Waals surface area contributed by atoms with Crippen LogP contribution >= 0.6 is 0 Å². The number of ether oxygens (including phenoxy) is 1.